The summed E-state index contributed by atoms with van der Waals surface area (Å²) in [6, 6.07) is -0.526. The lowest BCUT2D eigenvalue weighted by atomic mass is 10.2. The van der Waals surface area contributed by atoms with Gasteiger partial charge in [-0.1, -0.05) is 0 Å². The molecule has 2 rings (SSSR count). The van der Waals surface area contributed by atoms with Gasteiger partial charge in [0, 0.05) is 6.54 Å². The van der Waals surface area contributed by atoms with Crippen molar-refractivity contribution >= 4 is 17.8 Å². The zero-order valence-electron chi connectivity index (χ0n) is 12.0. The molecular formula is C13H20N2O5. The van der Waals surface area contributed by atoms with E-state index in [1.807, 2.05) is 0 Å². The first-order chi connectivity index (χ1) is 9.17. The second kappa shape index (κ2) is 5.05. The molecule has 1 N–H and O–H groups in total. The zero-order chi connectivity index (χ0) is 15.1. The SMILES string of the molecule is CC(C)(C)OC(=O)N1CC(O)C(N2CC(=O)CC2=O)C1. The van der Waals surface area contributed by atoms with Crippen molar-refractivity contribution in [3.8, 4) is 0 Å². The highest BCUT2D eigenvalue weighted by Crippen LogP contribution is 2.22. The van der Waals surface area contributed by atoms with E-state index >= 15 is 0 Å². The quantitative estimate of drug-likeness (QED) is 0.672. The number of carbonyl (C=O) groups is 3. The molecule has 2 saturated heterocycles. The van der Waals surface area contributed by atoms with E-state index in [4.69, 9.17) is 4.74 Å². The summed E-state index contributed by atoms with van der Waals surface area (Å²) in [5.41, 5.74) is -0.612. The van der Waals surface area contributed by atoms with E-state index < -0.39 is 23.8 Å². The first-order valence-corrected chi connectivity index (χ1v) is 6.64. The normalized spacial score (nSPS) is 27.4. The number of amides is 2. The van der Waals surface area contributed by atoms with Crippen LogP contribution in [-0.2, 0) is 14.3 Å². The van der Waals surface area contributed by atoms with Gasteiger partial charge in [-0.05, 0) is 20.8 Å². The van der Waals surface area contributed by atoms with Crippen molar-refractivity contribution in [1.82, 2.24) is 9.80 Å². The third-order valence-electron chi connectivity index (χ3n) is 3.33. The maximum Gasteiger partial charge on any atom is 0.410 e. The van der Waals surface area contributed by atoms with E-state index in [9.17, 15) is 19.5 Å². The smallest absolute Gasteiger partial charge is 0.410 e. The lowest BCUT2D eigenvalue weighted by molar-refractivity contribution is -0.131. The first-order valence-electron chi connectivity index (χ1n) is 6.64. The van der Waals surface area contributed by atoms with Crippen LogP contribution < -0.4 is 0 Å². The number of hydrogen-bond acceptors (Lipinski definition) is 5. The fourth-order valence-corrected chi connectivity index (χ4v) is 2.46. The molecule has 0 radical (unpaired) electrons. The van der Waals surface area contributed by atoms with Crippen LogP contribution in [0.1, 0.15) is 27.2 Å². The van der Waals surface area contributed by atoms with Crippen LogP contribution in [0.2, 0.25) is 0 Å². The van der Waals surface area contributed by atoms with Crippen LogP contribution in [0.3, 0.4) is 0 Å². The average Bonchev–Trinajstić information content (AvgIpc) is 2.79. The lowest BCUT2D eigenvalue weighted by Crippen LogP contribution is -2.44. The Kier molecular flexibility index (Phi) is 3.73. The zero-order valence-corrected chi connectivity index (χ0v) is 12.0. The van der Waals surface area contributed by atoms with Gasteiger partial charge in [0.05, 0.1) is 31.7 Å². The standard InChI is InChI=1S/C13H20N2O5/c1-13(2,3)20-12(19)14-6-9(10(17)7-14)15-5-8(16)4-11(15)18/h9-10,17H,4-7H2,1-3H3. The molecule has 2 atom stereocenters. The summed E-state index contributed by atoms with van der Waals surface area (Å²) < 4.78 is 5.23. The largest absolute Gasteiger partial charge is 0.444 e. The number of ether oxygens (including phenoxy) is 1. The molecule has 2 aliphatic heterocycles. The molecule has 112 valence electrons. The van der Waals surface area contributed by atoms with Gasteiger partial charge in [0.2, 0.25) is 5.91 Å². The molecule has 7 nitrogen and oxygen atoms in total. The summed E-state index contributed by atoms with van der Waals surface area (Å²) in [6.45, 7) is 5.60. The molecule has 0 spiro atoms. The molecule has 7 heteroatoms. The van der Waals surface area contributed by atoms with Gasteiger partial charge in [0.25, 0.3) is 0 Å². The van der Waals surface area contributed by atoms with Gasteiger partial charge in [-0.3, -0.25) is 9.59 Å². The molecule has 0 aliphatic carbocycles. The van der Waals surface area contributed by atoms with Crippen molar-refractivity contribution in [3.63, 3.8) is 0 Å². The number of hydrogen-bond donors (Lipinski definition) is 1. The summed E-state index contributed by atoms with van der Waals surface area (Å²) in [5.74, 6) is -0.442. The minimum Gasteiger partial charge on any atom is -0.444 e. The predicted molar refractivity (Wildman–Crippen MR) is 68.9 cm³/mol. The van der Waals surface area contributed by atoms with Crippen LogP contribution in [0.15, 0.2) is 0 Å². The van der Waals surface area contributed by atoms with Crippen molar-refractivity contribution < 1.29 is 24.2 Å². The summed E-state index contributed by atoms with van der Waals surface area (Å²) in [4.78, 5) is 37.6. The summed E-state index contributed by atoms with van der Waals surface area (Å²) in [5, 5.41) is 10.0. The fourth-order valence-electron chi connectivity index (χ4n) is 2.46. The highest BCUT2D eigenvalue weighted by molar-refractivity contribution is 6.05. The van der Waals surface area contributed by atoms with Crippen LogP contribution in [0.4, 0.5) is 4.79 Å². The minimum atomic E-state index is -0.850. The van der Waals surface area contributed by atoms with Crippen molar-refractivity contribution in [2.24, 2.45) is 0 Å². The molecule has 0 saturated carbocycles. The van der Waals surface area contributed by atoms with Crippen LogP contribution in [-0.4, -0.2) is 70.1 Å². The summed E-state index contributed by atoms with van der Waals surface area (Å²) in [7, 11) is 0. The van der Waals surface area contributed by atoms with Crippen molar-refractivity contribution in [3.05, 3.63) is 0 Å². The predicted octanol–water partition coefficient (Wildman–Crippen LogP) is -0.232. The van der Waals surface area contributed by atoms with Gasteiger partial charge in [-0.2, -0.15) is 0 Å². The van der Waals surface area contributed by atoms with Gasteiger partial charge in [0.1, 0.15) is 5.60 Å². The third kappa shape index (κ3) is 3.09. The summed E-state index contributed by atoms with van der Waals surface area (Å²) in [6.07, 6.45) is -1.48. The molecule has 0 aromatic carbocycles. The number of carbonyl (C=O) groups excluding carboxylic acids is 3. The van der Waals surface area contributed by atoms with E-state index in [-0.39, 0.29) is 37.7 Å². The molecule has 2 aliphatic rings. The van der Waals surface area contributed by atoms with Gasteiger partial charge in [-0.15, -0.1) is 0 Å². The fraction of sp³-hybridized carbons (Fsp3) is 0.769. The molecule has 20 heavy (non-hydrogen) atoms. The van der Waals surface area contributed by atoms with Crippen LogP contribution in [0, 0.1) is 0 Å². The van der Waals surface area contributed by atoms with Gasteiger partial charge in [0.15, 0.2) is 5.78 Å². The highest BCUT2D eigenvalue weighted by atomic mass is 16.6. The second-order valence-corrected chi connectivity index (χ2v) is 6.26. The van der Waals surface area contributed by atoms with Gasteiger partial charge in [-0.25, -0.2) is 4.79 Å². The van der Waals surface area contributed by atoms with Gasteiger partial charge < -0.3 is 19.6 Å². The molecular weight excluding hydrogens is 264 g/mol. The molecule has 2 amide bonds. The topological polar surface area (TPSA) is 87.2 Å². The van der Waals surface area contributed by atoms with E-state index in [1.54, 1.807) is 20.8 Å². The van der Waals surface area contributed by atoms with Gasteiger partial charge >= 0.3 is 6.09 Å². The molecule has 0 bridgehead atoms. The van der Waals surface area contributed by atoms with E-state index in [0.717, 1.165) is 0 Å². The van der Waals surface area contributed by atoms with E-state index in [2.05, 4.69) is 0 Å². The minimum absolute atomic E-state index is 0.0166. The Balaban J connectivity index is 2.00. The van der Waals surface area contributed by atoms with Crippen molar-refractivity contribution in [2.75, 3.05) is 19.6 Å². The number of Topliss-reactive ketones (excluding diaryl/α,β-unsaturated/α-hetero) is 1. The monoisotopic (exact) mass is 284 g/mol. The average molecular weight is 284 g/mol. The Labute approximate surface area is 117 Å². The Morgan fingerprint density at radius 2 is 1.95 bits per heavy atom. The van der Waals surface area contributed by atoms with Crippen LogP contribution >= 0.6 is 0 Å². The number of ketones is 1. The maximum absolute atomic E-state index is 11.9. The van der Waals surface area contributed by atoms with Crippen molar-refractivity contribution in [2.45, 2.75) is 44.9 Å². The number of rotatable bonds is 1. The van der Waals surface area contributed by atoms with E-state index in [1.165, 1.54) is 9.80 Å². The Hall–Kier alpha value is -1.63. The van der Waals surface area contributed by atoms with Crippen molar-refractivity contribution in [1.29, 1.82) is 0 Å². The van der Waals surface area contributed by atoms with E-state index in [0.29, 0.717) is 0 Å². The third-order valence-corrected chi connectivity index (χ3v) is 3.33. The summed E-state index contributed by atoms with van der Waals surface area (Å²) >= 11 is 0. The molecule has 2 fully saturated rings. The Morgan fingerprint density at radius 3 is 2.45 bits per heavy atom. The maximum atomic E-state index is 11.9. The Bertz CT molecular complexity index is 443. The second-order valence-electron chi connectivity index (χ2n) is 6.26. The molecule has 0 aromatic heterocycles. The van der Waals surface area contributed by atoms with Crippen LogP contribution in [0.5, 0.6) is 0 Å². The molecule has 2 heterocycles. The first kappa shape index (κ1) is 14.8. The molecule has 2 unspecified atom stereocenters. The highest BCUT2D eigenvalue weighted by Gasteiger charge is 2.43. The number of β-amino-alcohol motifs (C(OH)–C–C–N with tert-alkyl or cyclic N) is 1. The molecule has 0 aromatic rings. The van der Waals surface area contributed by atoms with Crippen LogP contribution in [0.25, 0.3) is 0 Å². The number of aliphatic hydroxyl groups excluding tert-OH is 1. The number of likely N-dealkylation sites (tertiary alicyclic amines) is 2. The Morgan fingerprint density at radius 1 is 1.30 bits per heavy atom. The number of aliphatic hydroxyl groups is 1. The number of nitrogens with zero attached hydrogens (tertiary/aromatic N) is 2. The lowest BCUT2D eigenvalue weighted by Gasteiger charge is -2.26.